The zero-order valence-electron chi connectivity index (χ0n) is 4.04. The Morgan fingerprint density at radius 1 is 1.33 bits per heavy atom. The maximum absolute atomic E-state index is 8.88. The smallest absolute Gasteiger partial charge is 0.304 e. The van der Waals surface area contributed by atoms with E-state index in [9.17, 15) is 0 Å². The van der Waals surface area contributed by atoms with E-state index < -0.39 is 7.82 Å². The van der Waals surface area contributed by atoms with E-state index in [-0.39, 0.29) is 6.47 Å². The van der Waals surface area contributed by atoms with E-state index in [1.807, 2.05) is 0 Å². The van der Waals surface area contributed by atoms with Crippen molar-refractivity contribution in [3.63, 3.8) is 0 Å². The van der Waals surface area contributed by atoms with Crippen molar-refractivity contribution >= 4 is 14.3 Å². The summed E-state index contributed by atoms with van der Waals surface area (Å²) in [5.41, 5.74) is 0. The Morgan fingerprint density at radius 3 is 1.44 bits per heavy atom. The van der Waals surface area contributed by atoms with Crippen molar-refractivity contribution in [2.45, 2.75) is 0 Å². The summed E-state index contributed by atoms with van der Waals surface area (Å²) in [6, 6.07) is 0. The molecule has 0 heterocycles. The molecule has 0 aliphatic heterocycles. The predicted octanol–water partition coefficient (Wildman–Crippen LogP) is -1.30. The molecular formula is CH5O7P. The minimum Gasteiger partial charge on any atom is -0.304 e. The van der Waals surface area contributed by atoms with Gasteiger partial charge >= 0.3 is 14.3 Å². The topological polar surface area (TPSA) is 124 Å². The number of hydrogen-bond acceptors (Lipinski definition) is 4. The highest BCUT2D eigenvalue weighted by Crippen LogP contribution is 2.25. The second-order valence-electron chi connectivity index (χ2n) is 0.715. The molecule has 8 heteroatoms. The zero-order chi connectivity index (χ0) is 7.91. The van der Waals surface area contributed by atoms with Crippen LogP contribution in [-0.2, 0) is 14.2 Å². The fraction of sp³-hybridized carbons (Fsp3) is 0. The van der Waals surface area contributed by atoms with Crippen molar-refractivity contribution in [1.82, 2.24) is 0 Å². The van der Waals surface area contributed by atoms with Gasteiger partial charge in [-0.2, -0.15) is 0 Å². The van der Waals surface area contributed by atoms with Gasteiger partial charge in [0, 0.05) is 0 Å². The highest BCUT2D eigenvalue weighted by molar-refractivity contribution is 7.45. The van der Waals surface area contributed by atoms with Crippen LogP contribution in [0.15, 0.2) is 0 Å². The van der Waals surface area contributed by atoms with Crippen LogP contribution >= 0.6 is 7.82 Å². The van der Waals surface area contributed by atoms with Gasteiger partial charge in [-0.15, -0.1) is 0 Å². The molecule has 7 nitrogen and oxygen atoms in total. The molecule has 56 valence electrons. The largest absolute Gasteiger partial charge is 0.466 e. The fourth-order valence-corrected chi connectivity index (χ4v) is 0. The van der Waals surface area contributed by atoms with Gasteiger partial charge in [0.25, 0.3) is 0 Å². The highest BCUT2D eigenvalue weighted by atomic mass is 31.2. The molecule has 0 amide bonds. The average Bonchev–Trinajstić information content (AvgIpc) is 1.61. The third-order valence-corrected chi connectivity index (χ3v) is 0.0430. The molecule has 0 spiro atoms. The van der Waals surface area contributed by atoms with Crippen LogP contribution in [0.4, 0.5) is 0 Å². The van der Waals surface area contributed by atoms with Crippen LogP contribution in [0.5, 0.6) is 0 Å². The van der Waals surface area contributed by atoms with Crippen molar-refractivity contribution in [2.24, 2.45) is 0 Å². The van der Waals surface area contributed by atoms with Crippen LogP contribution in [0.1, 0.15) is 0 Å². The summed E-state index contributed by atoms with van der Waals surface area (Å²) in [5, 5.41) is 7.01. The Bertz CT molecular complexity index is 93.2. The van der Waals surface area contributed by atoms with Crippen molar-refractivity contribution in [1.29, 1.82) is 0 Å². The zero-order valence-corrected chi connectivity index (χ0v) is 4.93. The van der Waals surface area contributed by atoms with Gasteiger partial charge in [-0.25, -0.2) is 9.82 Å². The Balaban J connectivity index is 0. The molecule has 0 fully saturated rings. The highest BCUT2D eigenvalue weighted by Gasteiger charge is 2.00. The molecule has 9 heavy (non-hydrogen) atoms. The lowest BCUT2D eigenvalue weighted by Gasteiger charge is -1.82. The molecule has 4 N–H and O–H groups in total. The molecule has 0 aliphatic rings. The van der Waals surface area contributed by atoms with Crippen LogP contribution in [0.25, 0.3) is 0 Å². The first-order valence-corrected chi connectivity index (χ1v) is 3.00. The van der Waals surface area contributed by atoms with Gasteiger partial charge in [0.15, 0.2) is 0 Å². The Morgan fingerprint density at radius 2 is 1.44 bits per heavy atom. The van der Waals surface area contributed by atoms with Gasteiger partial charge in [0.1, 0.15) is 0 Å². The summed E-state index contributed by atoms with van der Waals surface area (Å²) in [7, 11) is -4.64. The molecule has 0 atom stereocenters. The lowest BCUT2D eigenvalue weighted by molar-refractivity contribution is -0.217. The van der Waals surface area contributed by atoms with Crippen molar-refractivity contribution in [3.05, 3.63) is 0 Å². The average molecular weight is 160 g/mol. The number of rotatable bonds is 1. The first-order chi connectivity index (χ1) is 3.91. The first kappa shape index (κ1) is 11.4. The van der Waals surface area contributed by atoms with E-state index >= 15 is 0 Å². The molecule has 0 unspecified atom stereocenters. The van der Waals surface area contributed by atoms with Crippen LogP contribution in [0.3, 0.4) is 0 Å². The van der Waals surface area contributed by atoms with E-state index in [1.54, 1.807) is 0 Å². The minimum atomic E-state index is -4.64. The number of carbonyl (C=O) groups is 1. The van der Waals surface area contributed by atoms with E-state index in [0.717, 1.165) is 0 Å². The van der Waals surface area contributed by atoms with Crippen LogP contribution in [0.2, 0.25) is 0 Å². The summed E-state index contributed by atoms with van der Waals surface area (Å²) < 4.78 is 8.88. The van der Waals surface area contributed by atoms with E-state index in [0.29, 0.717) is 0 Å². The lowest BCUT2D eigenvalue weighted by atomic mass is 11.7. The van der Waals surface area contributed by atoms with E-state index in [4.69, 9.17) is 29.3 Å². The predicted molar refractivity (Wildman–Crippen MR) is 24.0 cm³/mol. The fourth-order valence-electron chi connectivity index (χ4n) is 0. The third kappa shape index (κ3) is 794. The summed E-state index contributed by atoms with van der Waals surface area (Å²) in [5.74, 6) is 0. The maximum atomic E-state index is 8.88. The molecule has 0 aromatic heterocycles. The third-order valence-electron chi connectivity index (χ3n) is 0.0430. The SMILES string of the molecule is O=COO.O=P(O)(O)O. The van der Waals surface area contributed by atoms with Gasteiger partial charge in [-0.3, -0.25) is 4.79 Å². The quantitative estimate of drug-likeness (QED) is 0.162. The molecule has 0 radical (unpaired) electrons. The molecule has 0 aromatic carbocycles. The van der Waals surface area contributed by atoms with Gasteiger partial charge in [-0.1, -0.05) is 0 Å². The normalized spacial score (nSPS) is 8.89. The summed E-state index contributed by atoms with van der Waals surface area (Å²) in [6.07, 6.45) is 0. The number of phosphoric acid groups is 1. The molecule has 0 bridgehead atoms. The first-order valence-electron chi connectivity index (χ1n) is 1.44. The number of hydrogen-bond donors (Lipinski definition) is 4. The minimum absolute atomic E-state index is 0.0694. The monoisotopic (exact) mass is 160 g/mol. The van der Waals surface area contributed by atoms with Gasteiger partial charge in [0.2, 0.25) is 0 Å². The Hall–Kier alpha value is -0.460. The molecular weight excluding hydrogens is 155 g/mol. The van der Waals surface area contributed by atoms with Crippen molar-refractivity contribution < 1.29 is 34.2 Å². The molecule has 0 saturated heterocycles. The molecule has 0 aliphatic carbocycles. The van der Waals surface area contributed by atoms with E-state index in [1.165, 1.54) is 0 Å². The van der Waals surface area contributed by atoms with E-state index in [2.05, 4.69) is 4.89 Å². The molecule has 0 aromatic rings. The van der Waals surface area contributed by atoms with Crippen LogP contribution in [0, 0.1) is 0 Å². The lowest BCUT2D eigenvalue weighted by Crippen LogP contribution is -1.69. The maximum Gasteiger partial charge on any atom is 0.466 e. The molecule has 0 rings (SSSR count). The summed E-state index contributed by atoms with van der Waals surface area (Å²) in [4.78, 5) is 33.1. The van der Waals surface area contributed by atoms with Gasteiger partial charge in [-0.05, 0) is 0 Å². The summed E-state index contributed by atoms with van der Waals surface area (Å²) in [6.45, 7) is -0.0694. The van der Waals surface area contributed by atoms with Gasteiger partial charge < -0.3 is 19.6 Å². The molecule has 0 saturated carbocycles. The standard InChI is InChI=1S/CH2O3.H3O4P/c2-1-4-3;1-5(2,3)4/h1,3H;(H3,1,2,3,4). The van der Waals surface area contributed by atoms with Crippen LogP contribution in [-0.4, -0.2) is 26.4 Å². The van der Waals surface area contributed by atoms with Crippen LogP contribution < -0.4 is 0 Å². The second-order valence-corrected chi connectivity index (χ2v) is 1.74. The second kappa shape index (κ2) is 5.67. The summed E-state index contributed by atoms with van der Waals surface area (Å²) >= 11 is 0. The van der Waals surface area contributed by atoms with Crippen molar-refractivity contribution in [2.75, 3.05) is 0 Å². The van der Waals surface area contributed by atoms with Crippen molar-refractivity contribution in [3.8, 4) is 0 Å². The van der Waals surface area contributed by atoms with Gasteiger partial charge in [0.05, 0.1) is 0 Å². The number of carbonyl (C=O) groups excluding carboxylic acids is 1. The Labute approximate surface area is 49.7 Å². The Kier molecular flexibility index (Phi) is 7.15.